The maximum absolute atomic E-state index is 13.9. The van der Waals surface area contributed by atoms with Crippen molar-refractivity contribution in [1.82, 2.24) is 4.98 Å². The topological polar surface area (TPSA) is 70.5 Å². The van der Waals surface area contributed by atoms with Gasteiger partial charge in [-0.3, -0.25) is 14.5 Å². The summed E-state index contributed by atoms with van der Waals surface area (Å²) in [5.74, 6) is -2.66. The molecule has 0 fully saturated rings. The Morgan fingerprint density at radius 1 is 1.06 bits per heavy atom. The molecular weight excluding hydrogens is 522 g/mol. The number of halogens is 3. The van der Waals surface area contributed by atoms with Gasteiger partial charge in [0.2, 0.25) is 5.78 Å². The van der Waals surface area contributed by atoms with Crippen molar-refractivity contribution in [3.05, 3.63) is 116 Å². The van der Waals surface area contributed by atoms with Gasteiger partial charge in [-0.15, -0.1) is 11.3 Å². The molecule has 36 heavy (non-hydrogen) atoms. The Labute approximate surface area is 220 Å². The highest BCUT2D eigenvalue weighted by Crippen LogP contribution is 2.44. The number of hydrogen-bond acceptors (Lipinski definition) is 5. The van der Waals surface area contributed by atoms with Crippen molar-refractivity contribution in [3.63, 3.8) is 0 Å². The summed E-state index contributed by atoms with van der Waals surface area (Å²) >= 11 is 13.2. The van der Waals surface area contributed by atoms with Crippen LogP contribution < -0.4 is 4.90 Å². The summed E-state index contributed by atoms with van der Waals surface area (Å²) in [5, 5.41) is 11.9. The fraction of sp³-hybridized carbons (Fsp3) is 0.0741. The second kappa shape index (κ2) is 9.50. The quantitative estimate of drug-likeness (QED) is 0.269. The molecule has 0 saturated heterocycles. The van der Waals surface area contributed by atoms with Gasteiger partial charge in [-0.1, -0.05) is 65.7 Å². The number of aliphatic hydroxyl groups excluding tert-OH is 1. The number of aryl methyl sites for hydroxylation is 1. The van der Waals surface area contributed by atoms with Gasteiger partial charge in [-0.25, -0.2) is 9.37 Å². The van der Waals surface area contributed by atoms with Gasteiger partial charge in [0.05, 0.1) is 27.2 Å². The van der Waals surface area contributed by atoms with Crippen LogP contribution in [0.4, 0.5) is 10.1 Å². The third-order valence-corrected chi connectivity index (χ3v) is 7.59. The maximum atomic E-state index is 13.9. The number of rotatable bonds is 5. The molecule has 1 aliphatic rings. The van der Waals surface area contributed by atoms with Crippen LogP contribution in [0.5, 0.6) is 0 Å². The molecule has 0 spiro atoms. The molecular formula is C27H17Cl2FN2O3S. The normalized spacial score (nSPS) is 15.6. The van der Waals surface area contributed by atoms with Crippen LogP contribution in [-0.2, 0) is 4.79 Å². The molecule has 0 radical (unpaired) electrons. The average Bonchev–Trinajstić information content (AvgIpc) is 3.39. The number of carbonyl (C=O) groups is 2. The van der Waals surface area contributed by atoms with E-state index in [0.29, 0.717) is 26.2 Å². The predicted octanol–water partition coefficient (Wildman–Crippen LogP) is 7.35. The van der Waals surface area contributed by atoms with E-state index in [1.807, 2.05) is 30.3 Å². The Hall–Kier alpha value is -3.52. The van der Waals surface area contributed by atoms with Gasteiger partial charge in [-0.05, 0) is 42.8 Å². The minimum atomic E-state index is -0.995. The van der Waals surface area contributed by atoms with E-state index in [-0.39, 0.29) is 16.3 Å². The zero-order valence-electron chi connectivity index (χ0n) is 18.7. The Morgan fingerprint density at radius 3 is 2.42 bits per heavy atom. The number of thiazole rings is 1. The predicted molar refractivity (Wildman–Crippen MR) is 139 cm³/mol. The zero-order chi connectivity index (χ0) is 25.6. The number of carbonyl (C=O) groups excluding carboxylic acids is 2. The average molecular weight is 539 g/mol. The van der Waals surface area contributed by atoms with Gasteiger partial charge in [-0.2, -0.15) is 0 Å². The van der Waals surface area contributed by atoms with Crippen molar-refractivity contribution in [2.45, 2.75) is 13.0 Å². The number of Topliss-reactive ketones (excluding diaryl/α,β-unsaturated/α-hetero) is 1. The first-order valence-corrected chi connectivity index (χ1v) is 12.4. The Balaban J connectivity index is 1.64. The number of benzene rings is 3. The van der Waals surface area contributed by atoms with E-state index in [9.17, 15) is 19.1 Å². The van der Waals surface area contributed by atoms with E-state index in [2.05, 4.69) is 4.98 Å². The summed E-state index contributed by atoms with van der Waals surface area (Å²) < 4.78 is 13.9. The third kappa shape index (κ3) is 4.19. The van der Waals surface area contributed by atoms with Crippen molar-refractivity contribution < 1.29 is 19.1 Å². The number of hydrogen-bond donors (Lipinski definition) is 1. The SMILES string of the molecule is Cc1nc(-c2ccccc2)sc1C(=O)C1=C(O)C(=O)N(c2ccc(F)c(Cl)c2)C1c1ccc(Cl)cc1. The number of amides is 1. The second-order valence-corrected chi connectivity index (χ2v) is 9.96. The Morgan fingerprint density at radius 2 is 1.75 bits per heavy atom. The van der Waals surface area contributed by atoms with Crippen molar-refractivity contribution in [1.29, 1.82) is 0 Å². The molecule has 2 heterocycles. The van der Waals surface area contributed by atoms with Gasteiger partial charge in [0.25, 0.3) is 5.91 Å². The van der Waals surface area contributed by atoms with Crippen LogP contribution in [0.25, 0.3) is 10.6 Å². The van der Waals surface area contributed by atoms with Gasteiger partial charge in [0, 0.05) is 16.3 Å². The summed E-state index contributed by atoms with van der Waals surface area (Å²) in [4.78, 5) is 33.3. The van der Waals surface area contributed by atoms with Crippen molar-refractivity contribution in [2.24, 2.45) is 0 Å². The van der Waals surface area contributed by atoms with E-state index in [1.54, 1.807) is 31.2 Å². The van der Waals surface area contributed by atoms with E-state index in [1.165, 1.54) is 28.4 Å². The van der Waals surface area contributed by atoms with Crippen molar-refractivity contribution in [3.8, 4) is 10.6 Å². The van der Waals surface area contributed by atoms with Gasteiger partial charge >= 0.3 is 0 Å². The van der Waals surface area contributed by atoms with Crippen molar-refractivity contribution >= 4 is 51.9 Å². The third-order valence-electron chi connectivity index (χ3n) is 5.84. The lowest BCUT2D eigenvalue weighted by molar-refractivity contribution is -0.117. The number of anilines is 1. The lowest BCUT2D eigenvalue weighted by atomic mass is 9.95. The summed E-state index contributed by atoms with van der Waals surface area (Å²) in [6.45, 7) is 1.71. The van der Waals surface area contributed by atoms with Gasteiger partial charge in [0.1, 0.15) is 10.8 Å². The standard InChI is InChI=1S/C27H17Cl2FN2O3S/c1-14-25(36-26(31-14)16-5-3-2-4-6-16)23(33)21-22(15-7-9-17(28)10-8-15)32(27(35)24(21)34)18-11-12-20(30)19(29)13-18/h2-13,22,34H,1H3. The Bertz CT molecular complexity index is 1530. The molecule has 1 aliphatic heterocycles. The number of aromatic nitrogens is 1. The second-order valence-electron chi connectivity index (χ2n) is 8.12. The van der Waals surface area contributed by atoms with Crippen LogP contribution in [0.15, 0.2) is 84.1 Å². The van der Waals surface area contributed by atoms with Crippen LogP contribution in [0.2, 0.25) is 10.0 Å². The molecule has 0 saturated carbocycles. The first-order valence-electron chi connectivity index (χ1n) is 10.8. The summed E-state index contributed by atoms with van der Waals surface area (Å²) in [5.41, 5.74) is 1.99. The summed E-state index contributed by atoms with van der Waals surface area (Å²) in [7, 11) is 0. The lowest BCUT2D eigenvalue weighted by Gasteiger charge is -2.27. The van der Waals surface area contributed by atoms with Crippen LogP contribution in [0.1, 0.15) is 27.0 Å². The van der Waals surface area contributed by atoms with Gasteiger partial charge < -0.3 is 5.11 Å². The molecule has 180 valence electrons. The molecule has 5 nitrogen and oxygen atoms in total. The molecule has 0 bridgehead atoms. The van der Waals surface area contributed by atoms with E-state index in [4.69, 9.17) is 23.2 Å². The highest BCUT2D eigenvalue weighted by molar-refractivity contribution is 7.17. The van der Waals surface area contributed by atoms with Crippen LogP contribution in [0.3, 0.4) is 0 Å². The van der Waals surface area contributed by atoms with Gasteiger partial charge in [0.15, 0.2) is 5.76 Å². The summed E-state index contributed by atoms with van der Waals surface area (Å²) in [6.07, 6.45) is 0. The van der Waals surface area contributed by atoms with E-state index < -0.39 is 29.3 Å². The molecule has 4 aromatic rings. The number of aliphatic hydroxyl groups is 1. The first-order chi connectivity index (χ1) is 17.3. The smallest absolute Gasteiger partial charge is 0.294 e. The minimum absolute atomic E-state index is 0.103. The minimum Gasteiger partial charge on any atom is -0.503 e. The number of nitrogens with zero attached hydrogens (tertiary/aromatic N) is 2. The Kier molecular flexibility index (Phi) is 6.38. The lowest BCUT2D eigenvalue weighted by Crippen LogP contribution is -2.31. The summed E-state index contributed by atoms with van der Waals surface area (Å²) in [6, 6.07) is 18.8. The van der Waals surface area contributed by atoms with Crippen LogP contribution >= 0.6 is 34.5 Å². The van der Waals surface area contributed by atoms with Crippen LogP contribution in [0, 0.1) is 12.7 Å². The largest absolute Gasteiger partial charge is 0.503 e. The van der Waals surface area contributed by atoms with E-state index >= 15 is 0 Å². The fourth-order valence-electron chi connectivity index (χ4n) is 4.13. The highest BCUT2D eigenvalue weighted by Gasteiger charge is 2.45. The maximum Gasteiger partial charge on any atom is 0.294 e. The molecule has 1 atom stereocenters. The first kappa shape index (κ1) is 24.2. The molecule has 0 aliphatic carbocycles. The molecule has 1 unspecified atom stereocenters. The van der Waals surface area contributed by atoms with Crippen LogP contribution in [-0.4, -0.2) is 21.8 Å². The molecule has 3 aromatic carbocycles. The number of ketones is 1. The zero-order valence-corrected chi connectivity index (χ0v) is 21.0. The molecule has 1 N–H and O–H groups in total. The molecule has 1 aromatic heterocycles. The highest BCUT2D eigenvalue weighted by atomic mass is 35.5. The molecule has 1 amide bonds. The molecule has 5 rings (SSSR count). The fourth-order valence-corrected chi connectivity index (χ4v) is 5.46. The monoisotopic (exact) mass is 538 g/mol. The van der Waals surface area contributed by atoms with E-state index in [0.717, 1.165) is 11.6 Å². The van der Waals surface area contributed by atoms with Crippen molar-refractivity contribution in [2.75, 3.05) is 4.90 Å². The molecule has 9 heteroatoms.